The number of nitrogens with one attached hydrogen (secondary N) is 1. The molecule has 0 aliphatic carbocycles. The molecule has 1 aliphatic heterocycles. The van der Waals surface area contributed by atoms with Gasteiger partial charge in [0.2, 0.25) is 0 Å². The Morgan fingerprint density at radius 1 is 1.24 bits per heavy atom. The number of rotatable bonds is 1. The lowest BCUT2D eigenvalue weighted by molar-refractivity contribution is 0.208. The van der Waals surface area contributed by atoms with Gasteiger partial charge in [0, 0.05) is 5.69 Å². The Hall–Kier alpha value is -2.49. The quantitative estimate of drug-likeness (QED) is 0.864. The van der Waals surface area contributed by atoms with Gasteiger partial charge in [0.1, 0.15) is 11.9 Å². The van der Waals surface area contributed by atoms with E-state index in [1.165, 1.54) is 0 Å². The first-order valence-corrected chi connectivity index (χ1v) is 7.04. The van der Waals surface area contributed by atoms with Crippen molar-refractivity contribution in [1.29, 1.82) is 0 Å². The molecular weight excluding hydrogens is 264 g/mol. The highest BCUT2D eigenvalue weighted by Crippen LogP contribution is 2.34. The van der Waals surface area contributed by atoms with Crippen molar-refractivity contribution in [3.63, 3.8) is 0 Å². The molecule has 2 aromatic rings. The third-order valence-corrected chi connectivity index (χ3v) is 3.44. The summed E-state index contributed by atoms with van der Waals surface area (Å²) in [5.74, 6) is 0.752. The largest absolute Gasteiger partial charge is 0.487 e. The number of benzene rings is 2. The van der Waals surface area contributed by atoms with E-state index in [2.05, 4.69) is 5.32 Å². The highest BCUT2D eigenvalue weighted by Gasteiger charge is 2.27. The molecule has 4 heteroatoms. The Morgan fingerprint density at radius 2 is 2.00 bits per heavy atom. The van der Waals surface area contributed by atoms with Crippen LogP contribution in [0, 0.1) is 6.92 Å². The molecule has 0 spiro atoms. The summed E-state index contributed by atoms with van der Waals surface area (Å²) in [6, 6.07) is 15.2. The molecule has 1 atom stereocenters. The Labute approximate surface area is 124 Å². The van der Waals surface area contributed by atoms with Crippen LogP contribution in [0.15, 0.2) is 48.5 Å². The normalized spacial score (nSPS) is 16.9. The molecule has 1 N–H and O–H groups in total. The van der Waals surface area contributed by atoms with Crippen molar-refractivity contribution < 1.29 is 9.53 Å². The average Bonchev–Trinajstić information content (AvgIpc) is 2.48. The predicted octanol–water partition coefficient (Wildman–Crippen LogP) is 3.81. The molecule has 4 nitrogen and oxygen atoms in total. The molecule has 0 unspecified atom stereocenters. The summed E-state index contributed by atoms with van der Waals surface area (Å²) in [6.45, 7) is 4.51. The van der Waals surface area contributed by atoms with Gasteiger partial charge in [-0.2, -0.15) is 0 Å². The highest BCUT2D eigenvalue weighted by molar-refractivity contribution is 6.03. The first-order chi connectivity index (χ1) is 10.1. The number of amides is 2. The minimum absolute atomic E-state index is 0.0262. The summed E-state index contributed by atoms with van der Waals surface area (Å²) in [4.78, 5) is 14.3. The van der Waals surface area contributed by atoms with E-state index in [4.69, 9.17) is 4.74 Å². The maximum Gasteiger partial charge on any atom is 0.326 e. The number of nitrogens with zero attached hydrogens (tertiary/aromatic N) is 1. The maximum absolute atomic E-state index is 12.5. The molecule has 0 aromatic heterocycles. The standard InChI is InChI=1S/C17H18N2O2/c1-12-8-9-16-15(10-12)19(11-13(2)21-16)17(20)18-14-6-4-3-5-7-14/h3-10,13H,11H2,1-2H3,(H,18,20)/t13-/m0/s1. The van der Waals surface area contributed by atoms with Gasteiger partial charge in [0.05, 0.1) is 12.2 Å². The first-order valence-electron chi connectivity index (χ1n) is 7.04. The first kappa shape index (κ1) is 13.5. The molecule has 108 valence electrons. The van der Waals surface area contributed by atoms with Crippen molar-refractivity contribution in [2.45, 2.75) is 20.0 Å². The second kappa shape index (κ2) is 5.48. The van der Waals surface area contributed by atoms with Gasteiger partial charge in [0.15, 0.2) is 0 Å². The molecule has 0 saturated carbocycles. The monoisotopic (exact) mass is 282 g/mol. The van der Waals surface area contributed by atoms with E-state index in [1.807, 2.05) is 62.4 Å². The van der Waals surface area contributed by atoms with Crippen LogP contribution in [-0.4, -0.2) is 18.7 Å². The highest BCUT2D eigenvalue weighted by atomic mass is 16.5. The van der Waals surface area contributed by atoms with Crippen LogP contribution in [0.3, 0.4) is 0 Å². The summed E-state index contributed by atoms with van der Waals surface area (Å²) in [5, 5.41) is 2.92. The van der Waals surface area contributed by atoms with Crippen LogP contribution in [0.25, 0.3) is 0 Å². The van der Waals surface area contributed by atoms with E-state index in [0.29, 0.717) is 6.54 Å². The number of ether oxygens (including phenoxy) is 1. The van der Waals surface area contributed by atoms with Crippen molar-refractivity contribution in [1.82, 2.24) is 0 Å². The van der Waals surface area contributed by atoms with Gasteiger partial charge in [-0.25, -0.2) is 4.79 Å². The van der Waals surface area contributed by atoms with Crippen molar-refractivity contribution in [3.8, 4) is 5.75 Å². The Morgan fingerprint density at radius 3 is 2.76 bits per heavy atom. The second-order valence-electron chi connectivity index (χ2n) is 5.31. The van der Waals surface area contributed by atoms with E-state index in [0.717, 1.165) is 22.7 Å². The van der Waals surface area contributed by atoms with Crippen LogP contribution in [0.1, 0.15) is 12.5 Å². The Bertz CT molecular complexity index is 655. The predicted molar refractivity (Wildman–Crippen MR) is 84.1 cm³/mol. The van der Waals surface area contributed by atoms with Gasteiger partial charge in [-0.05, 0) is 43.7 Å². The number of aryl methyl sites for hydroxylation is 1. The lowest BCUT2D eigenvalue weighted by atomic mass is 10.1. The molecular formula is C17H18N2O2. The summed E-state index contributed by atoms with van der Waals surface area (Å²) in [5.41, 5.74) is 2.71. The smallest absolute Gasteiger partial charge is 0.326 e. The van der Waals surface area contributed by atoms with Crippen LogP contribution in [-0.2, 0) is 0 Å². The molecule has 0 fully saturated rings. The van der Waals surface area contributed by atoms with Gasteiger partial charge >= 0.3 is 6.03 Å². The van der Waals surface area contributed by atoms with E-state index < -0.39 is 0 Å². The Balaban J connectivity index is 1.88. The molecule has 3 rings (SSSR count). The van der Waals surface area contributed by atoms with E-state index >= 15 is 0 Å². The molecule has 0 bridgehead atoms. The fourth-order valence-electron chi connectivity index (χ4n) is 2.45. The molecule has 2 aromatic carbocycles. The van der Waals surface area contributed by atoms with Gasteiger partial charge in [-0.1, -0.05) is 24.3 Å². The van der Waals surface area contributed by atoms with Crippen molar-refractivity contribution in [3.05, 3.63) is 54.1 Å². The third-order valence-electron chi connectivity index (χ3n) is 3.44. The minimum Gasteiger partial charge on any atom is -0.487 e. The SMILES string of the molecule is Cc1ccc2c(c1)N(C(=O)Nc1ccccc1)C[C@H](C)O2. The molecule has 1 aliphatic rings. The molecule has 2 amide bonds. The maximum atomic E-state index is 12.5. The zero-order chi connectivity index (χ0) is 14.8. The topological polar surface area (TPSA) is 41.6 Å². The van der Waals surface area contributed by atoms with Gasteiger partial charge in [-0.3, -0.25) is 4.90 Å². The number of hydrogen-bond acceptors (Lipinski definition) is 2. The van der Waals surface area contributed by atoms with Crippen molar-refractivity contribution in [2.75, 3.05) is 16.8 Å². The van der Waals surface area contributed by atoms with Gasteiger partial charge in [0.25, 0.3) is 0 Å². The number of urea groups is 1. The van der Waals surface area contributed by atoms with E-state index in [9.17, 15) is 4.79 Å². The zero-order valence-corrected chi connectivity index (χ0v) is 12.2. The number of hydrogen-bond donors (Lipinski definition) is 1. The third kappa shape index (κ3) is 2.84. The van der Waals surface area contributed by atoms with Crippen LogP contribution >= 0.6 is 0 Å². The molecule has 0 saturated heterocycles. The number of carbonyl (C=O) groups is 1. The van der Waals surface area contributed by atoms with Crippen LogP contribution in [0.5, 0.6) is 5.75 Å². The van der Waals surface area contributed by atoms with E-state index in [1.54, 1.807) is 4.90 Å². The number of carbonyl (C=O) groups excluding carboxylic acids is 1. The van der Waals surface area contributed by atoms with Crippen LogP contribution in [0.2, 0.25) is 0 Å². The molecule has 1 heterocycles. The van der Waals surface area contributed by atoms with Crippen LogP contribution < -0.4 is 15.0 Å². The average molecular weight is 282 g/mol. The fourth-order valence-corrected chi connectivity index (χ4v) is 2.45. The summed E-state index contributed by atoms with van der Waals surface area (Å²) in [6.07, 6.45) is -0.0262. The van der Waals surface area contributed by atoms with Crippen LogP contribution in [0.4, 0.5) is 16.2 Å². The summed E-state index contributed by atoms with van der Waals surface area (Å²) >= 11 is 0. The Kier molecular flexibility index (Phi) is 3.52. The zero-order valence-electron chi connectivity index (χ0n) is 12.2. The van der Waals surface area contributed by atoms with Gasteiger partial charge in [-0.15, -0.1) is 0 Å². The second-order valence-corrected chi connectivity index (χ2v) is 5.31. The van der Waals surface area contributed by atoms with Crippen molar-refractivity contribution >= 4 is 17.4 Å². The number of fused-ring (bicyclic) bond motifs is 1. The molecule has 0 radical (unpaired) electrons. The van der Waals surface area contributed by atoms with E-state index in [-0.39, 0.29) is 12.1 Å². The van der Waals surface area contributed by atoms with Crippen molar-refractivity contribution in [2.24, 2.45) is 0 Å². The lowest BCUT2D eigenvalue weighted by Gasteiger charge is -2.33. The van der Waals surface area contributed by atoms with Gasteiger partial charge < -0.3 is 10.1 Å². The molecule has 21 heavy (non-hydrogen) atoms. The minimum atomic E-state index is -0.136. The number of anilines is 2. The fraction of sp³-hybridized carbons (Fsp3) is 0.235. The summed E-state index contributed by atoms with van der Waals surface area (Å²) in [7, 11) is 0. The summed E-state index contributed by atoms with van der Waals surface area (Å²) < 4.78 is 5.80. The lowest BCUT2D eigenvalue weighted by Crippen LogP contribution is -2.44. The number of para-hydroxylation sites is 1.